The van der Waals surface area contributed by atoms with Gasteiger partial charge in [0.2, 0.25) is 15.9 Å². The number of hydrogen-bond acceptors (Lipinski definition) is 6. The Morgan fingerprint density at radius 1 is 1.26 bits per heavy atom. The lowest BCUT2D eigenvalue weighted by molar-refractivity contribution is -0.113. The van der Waals surface area contributed by atoms with E-state index in [1.54, 1.807) is 31.2 Å². The molecule has 0 saturated carbocycles. The van der Waals surface area contributed by atoms with Crippen molar-refractivity contribution < 1.29 is 17.6 Å². The number of thioether (sulfide) groups is 1. The Morgan fingerprint density at radius 3 is 2.74 bits per heavy atom. The van der Waals surface area contributed by atoms with Gasteiger partial charge in [-0.3, -0.25) is 9.52 Å². The number of thiazole rings is 1. The first kappa shape index (κ1) is 19.6. The van der Waals surface area contributed by atoms with E-state index in [0.29, 0.717) is 15.5 Å². The molecule has 1 heterocycles. The van der Waals surface area contributed by atoms with Gasteiger partial charge in [0.15, 0.2) is 4.34 Å². The van der Waals surface area contributed by atoms with Gasteiger partial charge in [-0.2, -0.15) is 0 Å². The van der Waals surface area contributed by atoms with Crippen LogP contribution in [0.25, 0.3) is 10.2 Å². The Balaban J connectivity index is 1.65. The highest BCUT2D eigenvalue weighted by atomic mass is 32.2. The highest BCUT2D eigenvalue weighted by Crippen LogP contribution is 2.31. The van der Waals surface area contributed by atoms with Crippen molar-refractivity contribution in [3.8, 4) is 0 Å². The van der Waals surface area contributed by atoms with E-state index in [0.717, 1.165) is 16.5 Å². The summed E-state index contributed by atoms with van der Waals surface area (Å²) in [6.07, 6.45) is 1.08. The van der Waals surface area contributed by atoms with Crippen LogP contribution in [0.15, 0.2) is 40.7 Å². The van der Waals surface area contributed by atoms with Crippen LogP contribution in [0.5, 0.6) is 0 Å². The van der Waals surface area contributed by atoms with Gasteiger partial charge in [-0.15, -0.1) is 11.3 Å². The first-order chi connectivity index (χ1) is 12.7. The van der Waals surface area contributed by atoms with Crippen molar-refractivity contribution in [2.45, 2.75) is 11.3 Å². The van der Waals surface area contributed by atoms with E-state index in [2.05, 4.69) is 15.0 Å². The predicted molar refractivity (Wildman–Crippen MR) is 109 cm³/mol. The number of hydrogen-bond donors (Lipinski definition) is 2. The molecule has 0 aliphatic rings. The number of sulfonamides is 1. The molecule has 1 amide bonds. The van der Waals surface area contributed by atoms with Crippen LogP contribution < -0.4 is 10.0 Å². The number of nitrogens with one attached hydrogen (secondary N) is 2. The number of carbonyl (C=O) groups excluding carboxylic acids is 1. The first-order valence-corrected chi connectivity index (χ1v) is 11.5. The van der Waals surface area contributed by atoms with Crippen molar-refractivity contribution in [1.82, 2.24) is 4.98 Å². The maximum atomic E-state index is 13.8. The number of aryl methyl sites for hydroxylation is 1. The topological polar surface area (TPSA) is 88.2 Å². The van der Waals surface area contributed by atoms with Crippen molar-refractivity contribution in [3.63, 3.8) is 0 Å². The van der Waals surface area contributed by atoms with Gasteiger partial charge in [-0.25, -0.2) is 17.8 Å². The second-order valence-electron chi connectivity index (χ2n) is 5.86. The molecule has 10 heteroatoms. The van der Waals surface area contributed by atoms with E-state index in [4.69, 9.17) is 0 Å². The quantitative estimate of drug-likeness (QED) is 0.586. The molecule has 2 N–H and O–H groups in total. The van der Waals surface area contributed by atoms with E-state index >= 15 is 0 Å². The molecule has 0 aliphatic heterocycles. The molecule has 0 radical (unpaired) electrons. The normalized spacial score (nSPS) is 11.5. The van der Waals surface area contributed by atoms with Crippen molar-refractivity contribution >= 4 is 60.6 Å². The van der Waals surface area contributed by atoms with E-state index in [-0.39, 0.29) is 17.3 Å². The van der Waals surface area contributed by atoms with Crippen molar-refractivity contribution in [3.05, 3.63) is 47.8 Å². The second kappa shape index (κ2) is 7.83. The molecule has 0 fully saturated rings. The molecular formula is C17H16FN3O3S3. The molecule has 2 aromatic carbocycles. The molecule has 6 nitrogen and oxygen atoms in total. The minimum atomic E-state index is -3.35. The molecule has 0 aliphatic carbocycles. The van der Waals surface area contributed by atoms with E-state index < -0.39 is 15.8 Å². The van der Waals surface area contributed by atoms with E-state index in [1.807, 2.05) is 0 Å². The number of fused-ring (bicyclic) bond motifs is 1. The molecule has 3 rings (SSSR count). The minimum absolute atomic E-state index is 0.0849. The Hall–Kier alpha value is -2.17. The van der Waals surface area contributed by atoms with Crippen molar-refractivity contribution in [2.75, 3.05) is 22.0 Å². The molecule has 0 bridgehead atoms. The van der Waals surface area contributed by atoms with Gasteiger partial charge in [0.05, 0.1) is 33.6 Å². The number of nitrogens with zero attached hydrogens (tertiary/aromatic N) is 1. The zero-order valence-electron chi connectivity index (χ0n) is 14.4. The van der Waals surface area contributed by atoms with Gasteiger partial charge in [0.25, 0.3) is 0 Å². The third-order valence-corrected chi connectivity index (χ3v) is 6.17. The fourth-order valence-corrected chi connectivity index (χ4v) is 4.74. The van der Waals surface area contributed by atoms with Crippen LogP contribution in [0, 0.1) is 12.7 Å². The Bertz CT molecular complexity index is 1110. The highest BCUT2D eigenvalue weighted by Gasteiger charge is 2.11. The lowest BCUT2D eigenvalue weighted by atomic mass is 10.2. The number of rotatable bonds is 6. The summed E-state index contributed by atoms with van der Waals surface area (Å²) in [5, 5.41) is 2.54. The van der Waals surface area contributed by atoms with E-state index in [9.17, 15) is 17.6 Å². The molecule has 0 spiro atoms. The van der Waals surface area contributed by atoms with Crippen molar-refractivity contribution in [2.24, 2.45) is 0 Å². The summed E-state index contributed by atoms with van der Waals surface area (Å²) in [4.78, 5) is 16.5. The average Bonchev–Trinajstić information content (AvgIpc) is 2.96. The minimum Gasteiger partial charge on any atom is -0.323 e. The SMILES string of the molecule is Cc1ccc(NC(=O)CSc2nc3ccc(NS(C)(=O)=O)cc3s2)c(F)c1. The summed E-state index contributed by atoms with van der Waals surface area (Å²) < 4.78 is 40.3. The fraction of sp³-hybridized carbons (Fsp3) is 0.176. The Morgan fingerprint density at radius 2 is 2.04 bits per heavy atom. The summed E-state index contributed by atoms with van der Waals surface area (Å²) >= 11 is 2.59. The highest BCUT2D eigenvalue weighted by molar-refractivity contribution is 8.01. The number of anilines is 2. The average molecular weight is 426 g/mol. The molecule has 0 atom stereocenters. The smallest absolute Gasteiger partial charge is 0.234 e. The largest absolute Gasteiger partial charge is 0.323 e. The maximum Gasteiger partial charge on any atom is 0.234 e. The standard InChI is InChI=1S/C17H16FN3O3S3/c1-10-3-5-13(12(18)7-10)19-16(22)9-25-17-20-14-6-4-11(8-15(14)26-17)21-27(2,23)24/h3-8,21H,9H2,1-2H3,(H,19,22). The number of halogens is 1. The van der Waals surface area contributed by atoms with Crippen LogP contribution in [0.2, 0.25) is 0 Å². The van der Waals surface area contributed by atoms with Crippen LogP contribution in [-0.4, -0.2) is 31.3 Å². The van der Waals surface area contributed by atoms with Gasteiger partial charge in [0, 0.05) is 0 Å². The first-order valence-electron chi connectivity index (χ1n) is 7.77. The second-order valence-corrected chi connectivity index (χ2v) is 9.86. The van der Waals surface area contributed by atoms with Gasteiger partial charge in [0.1, 0.15) is 5.82 Å². The lowest BCUT2D eigenvalue weighted by Gasteiger charge is -2.06. The van der Waals surface area contributed by atoms with Gasteiger partial charge < -0.3 is 5.32 Å². The molecule has 142 valence electrons. The number of benzene rings is 2. The summed E-state index contributed by atoms with van der Waals surface area (Å²) in [5.41, 5.74) is 2.09. The van der Waals surface area contributed by atoms with Crippen LogP contribution in [0.4, 0.5) is 15.8 Å². The Labute approximate surface area is 164 Å². The molecule has 0 saturated heterocycles. The van der Waals surface area contributed by atoms with E-state index in [1.165, 1.54) is 35.2 Å². The van der Waals surface area contributed by atoms with Gasteiger partial charge >= 0.3 is 0 Å². The molecule has 1 aromatic heterocycles. The number of amides is 1. The Kier molecular flexibility index (Phi) is 5.68. The van der Waals surface area contributed by atoms with Gasteiger partial charge in [-0.1, -0.05) is 17.8 Å². The summed E-state index contributed by atoms with van der Waals surface area (Å²) in [5.74, 6) is -0.720. The third kappa shape index (κ3) is 5.41. The summed E-state index contributed by atoms with van der Waals surface area (Å²) in [7, 11) is -3.35. The van der Waals surface area contributed by atoms with Crippen molar-refractivity contribution in [1.29, 1.82) is 0 Å². The number of carbonyl (C=O) groups is 1. The van der Waals surface area contributed by atoms with Crippen LogP contribution in [-0.2, 0) is 14.8 Å². The van der Waals surface area contributed by atoms with Gasteiger partial charge in [-0.05, 0) is 42.8 Å². The molecular weight excluding hydrogens is 409 g/mol. The third-order valence-electron chi connectivity index (χ3n) is 3.40. The van der Waals surface area contributed by atoms with Crippen LogP contribution >= 0.6 is 23.1 Å². The monoisotopic (exact) mass is 425 g/mol. The summed E-state index contributed by atoms with van der Waals surface area (Å²) in [6, 6.07) is 9.65. The zero-order chi connectivity index (χ0) is 19.6. The molecule has 27 heavy (non-hydrogen) atoms. The zero-order valence-corrected chi connectivity index (χ0v) is 16.9. The van der Waals surface area contributed by atoms with Crippen LogP contribution in [0.3, 0.4) is 0 Å². The maximum absolute atomic E-state index is 13.8. The summed E-state index contributed by atoms with van der Waals surface area (Å²) in [6.45, 7) is 1.77. The molecule has 3 aromatic rings. The number of aromatic nitrogens is 1. The fourth-order valence-electron chi connectivity index (χ4n) is 2.28. The molecule has 0 unspecified atom stereocenters. The predicted octanol–water partition coefficient (Wildman–Crippen LogP) is 3.85. The van der Waals surface area contributed by atoms with Crippen LogP contribution in [0.1, 0.15) is 5.56 Å². The lowest BCUT2D eigenvalue weighted by Crippen LogP contribution is -2.15.